The summed E-state index contributed by atoms with van der Waals surface area (Å²) in [5.74, 6) is 0.995. The normalized spacial score (nSPS) is 23.9. The van der Waals surface area contributed by atoms with Crippen molar-refractivity contribution in [2.24, 2.45) is 5.92 Å². The van der Waals surface area contributed by atoms with Crippen molar-refractivity contribution in [2.45, 2.75) is 64.8 Å². The Kier molecular flexibility index (Phi) is 5.10. The Balaban J connectivity index is 1.83. The van der Waals surface area contributed by atoms with Gasteiger partial charge >= 0.3 is 0 Å². The Morgan fingerprint density at radius 1 is 1.11 bits per heavy atom. The molecule has 0 atom stereocenters. The van der Waals surface area contributed by atoms with Crippen molar-refractivity contribution in [2.75, 3.05) is 5.32 Å². The van der Waals surface area contributed by atoms with E-state index >= 15 is 0 Å². The second-order valence-corrected chi connectivity index (χ2v) is 5.70. The maximum Gasteiger partial charge on any atom is 0.0345 e. The van der Waals surface area contributed by atoms with Crippen LogP contribution in [0.4, 0.5) is 5.69 Å². The zero-order chi connectivity index (χ0) is 12.8. The van der Waals surface area contributed by atoms with Crippen LogP contribution in [-0.4, -0.2) is 6.04 Å². The Bertz CT molecular complexity index is 350. The molecule has 1 nitrogen and oxygen atoms in total. The van der Waals surface area contributed by atoms with Crippen LogP contribution in [0.25, 0.3) is 0 Å². The molecule has 0 aliphatic heterocycles. The van der Waals surface area contributed by atoms with Gasteiger partial charge in [0.15, 0.2) is 0 Å². The summed E-state index contributed by atoms with van der Waals surface area (Å²) in [5.41, 5.74) is 2.74. The highest BCUT2D eigenvalue weighted by molar-refractivity contribution is 5.46. The summed E-state index contributed by atoms with van der Waals surface area (Å²) in [4.78, 5) is 0. The minimum Gasteiger partial charge on any atom is -0.382 e. The first kappa shape index (κ1) is 13.5. The summed E-state index contributed by atoms with van der Waals surface area (Å²) in [6.07, 6.45) is 9.43. The number of nitrogens with one attached hydrogen (secondary N) is 1. The van der Waals surface area contributed by atoms with Crippen LogP contribution in [0, 0.1) is 5.92 Å². The average molecular weight is 245 g/mol. The number of hydrogen-bond donors (Lipinski definition) is 1. The molecule has 0 spiro atoms. The molecule has 0 aromatic heterocycles. The van der Waals surface area contributed by atoms with Gasteiger partial charge in [-0.1, -0.05) is 38.8 Å². The molecule has 1 fully saturated rings. The third-order valence-electron chi connectivity index (χ3n) is 4.25. The fraction of sp³-hybridized carbons (Fsp3) is 0.647. The SMILES string of the molecule is CCCC1CCC(Nc2cccc(CC)c2)CC1. The van der Waals surface area contributed by atoms with Gasteiger partial charge in [0, 0.05) is 11.7 Å². The van der Waals surface area contributed by atoms with Crippen molar-refractivity contribution in [3.8, 4) is 0 Å². The van der Waals surface area contributed by atoms with Gasteiger partial charge in [-0.05, 0) is 55.7 Å². The zero-order valence-electron chi connectivity index (χ0n) is 11.9. The largest absolute Gasteiger partial charge is 0.382 e. The lowest BCUT2D eigenvalue weighted by atomic mass is 9.83. The lowest BCUT2D eigenvalue weighted by Gasteiger charge is -2.29. The van der Waals surface area contributed by atoms with Gasteiger partial charge in [-0.25, -0.2) is 0 Å². The Morgan fingerprint density at radius 2 is 1.89 bits per heavy atom. The second-order valence-electron chi connectivity index (χ2n) is 5.70. The zero-order valence-corrected chi connectivity index (χ0v) is 11.9. The van der Waals surface area contributed by atoms with E-state index in [0.29, 0.717) is 6.04 Å². The number of benzene rings is 1. The highest BCUT2D eigenvalue weighted by Gasteiger charge is 2.20. The summed E-state index contributed by atoms with van der Waals surface area (Å²) in [6.45, 7) is 4.52. The van der Waals surface area contributed by atoms with Crippen LogP contribution in [0.5, 0.6) is 0 Å². The van der Waals surface area contributed by atoms with E-state index in [9.17, 15) is 0 Å². The molecule has 0 amide bonds. The molecule has 0 unspecified atom stereocenters. The van der Waals surface area contributed by atoms with Crippen molar-refractivity contribution < 1.29 is 0 Å². The van der Waals surface area contributed by atoms with Gasteiger partial charge in [-0.2, -0.15) is 0 Å². The highest BCUT2D eigenvalue weighted by Crippen LogP contribution is 2.29. The predicted octanol–water partition coefficient (Wildman–Crippen LogP) is 5.02. The Morgan fingerprint density at radius 3 is 2.56 bits per heavy atom. The van der Waals surface area contributed by atoms with Gasteiger partial charge in [-0.15, -0.1) is 0 Å². The lowest BCUT2D eigenvalue weighted by Crippen LogP contribution is -2.26. The molecular formula is C17H27N. The second kappa shape index (κ2) is 6.82. The van der Waals surface area contributed by atoms with Gasteiger partial charge in [0.1, 0.15) is 0 Å². The fourth-order valence-corrected chi connectivity index (χ4v) is 3.12. The van der Waals surface area contributed by atoms with Crippen LogP contribution in [-0.2, 0) is 6.42 Å². The molecule has 100 valence electrons. The van der Waals surface area contributed by atoms with Crippen LogP contribution in [0.3, 0.4) is 0 Å². The van der Waals surface area contributed by atoms with Crippen LogP contribution in [0.1, 0.15) is 57.9 Å². The van der Waals surface area contributed by atoms with Crippen molar-refractivity contribution in [1.82, 2.24) is 0 Å². The number of hydrogen-bond acceptors (Lipinski definition) is 1. The first-order valence-corrected chi connectivity index (χ1v) is 7.67. The summed E-state index contributed by atoms with van der Waals surface area (Å²) >= 11 is 0. The van der Waals surface area contributed by atoms with Crippen molar-refractivity contribution in [3.63, 3.8) is 0 Å². The molecule has 18 heavy (non-hydrogen) atoms. The maximum atomic E-state index is 3.72. The smallest absolute Gasteiger partial charge is 0.0345 e. The van der Waals surface area contributed by atoms with Crippen molar-refractivity contribution >= 4 is 5.69 Å². The van der Waals surface area contributed by atoms with Crippen molar-refractivity contribution in [1.29, 1.82) is 0 Å². The van der Waals surface area contributed by atoms with Gasteiger partial charge in [0.25, 0.3) is 0 Å². The number of aryl methyl sites for hydroxylation is 1. The number of anilines is 1. The van der Waals surface area contributed by atoms with E-state index in [1.165, 1.54) is 49.8 Å². The third kappa shape index (κ3) is 3.76. The van der Waals surface area contributed by atoms with Crippen molar-refractivity contribution in [3.05, 3.63) is 29.8 Å². The molecule has 1 heteroatoms. The highest BCUT2D eigenvalue weighted by atomic mass is 14.9. The van der Waals surface area contributed by atoms with Crippen LogP contribution in [0.2, 0.25) is 0 Å². The van der Waals surface area contributed by atoms with E-state index in [-0.39, 0.29) is 0 Å². The maximum absolute atomic E-state index is 3.72. The number of rotatable bonds is 5. The molecular weight excluding hydrogens is 218 g/mol. The Labute approximate surface area is 112 Å². The van der Waals surface area contributed by atoms with Crippen LogP contribution in [0.15, 0.2) is 24.3 Å². The molecule has 0 radical (unpaired) electrons. The topological polar surface area (TPSA) is 12.0 Å². The van der Waals surface area contributed by atoms with Crippen LogP contribution < -0.4 is 5.32 Å². The molecule has 0 heterocycles. The summed E-state index contributed by atoms with van der Waals surface area (Å²) in [5, 5.41) is 3.72. The van der Waals surface area contributed by atoms with E-state index in [4.69, 9.17) is 0 Å². The summed E-state index contributed by atoms with van der Waals surface area (Å²) < 4.78 is 0. The predicted molar refractivity (Wildman–Crippen MR) is 80.1 cm³/mol. The molecule has 1 N–H and O–H groups in total. The molecule has 1 aliphatic carbocycles. The fourth-order valence-electron chi connectivity index (χ4n) is 3.12. The van der Waals surface area contributed by atoms with Gasteiger partial charge in [0.2, 0.25) is 0 Å². The molecule has 2 rings (SSSR count). The monoisotopic (exact) mass is 245 g/mol. The molecule has 1 aromatic rings. The standard InChI is InChI=1S/C17H27N/c1-3-6-15-9-11-16(12-10-15)18-17-8-5-7-14(4-2)13-17/h5,7-8,13,15-16,18H,3-4,6,9-12H2,1-2H3. The van der Waals surface area contributed by atoms with Gasteiger partial charge in [-0.3, -0.25) is 0 Å². The van der Waals surface area contributed by atoms with E-state index < -0.39 is 0 Å². The summed E-state index contributed by atoms with van der Waals surface area (Å²) in [6, 6.07) is 9.59. The Hall–Kier alpha value is -0.980. The minimum absolute atomic E-state index is 0.699. The minimum atomic E-state index is 0.699. The molecule has 1 saturated carbocycles. The summed E-state index contributed by atoms with van der Waals surface area (Å²) in [7, 11) is 0. The van der Waals surface area contributed by atoms with Gasteiger partial charge < -0.3 is 5.32 Å². The first-order valence-electron chi connectivity index (χ1n) is 7.67. The molecule has 1 aromatic carbocycles. The van der Waals surface area contributed by atoms with E-state index in [0.717, 1.165) is 12.3 Å². The average Bonchev–Trinajstić information content (AvgIpc) is 2.42. The van der Waals surface area contributed by atoms with E-state index in [1.807, 2.05) is 0 Å². The lowest BCUT2D eigenvalue weighted by molar-refractivity contribution is 0.319. The molecule has 1 aliphatic rings. The van der Waals surface area contributed by atoms with E-state index in [1.54, 1.807) is 0 Å². The molecule has 0 saturated heterocycles. The van der Waals surface area contributed by atoms with Gasteiger partial charge in [0.05, 0.1) is 0 Å². The first-order chi connectivity index (χ1) is 8.81. The quantitative estimate of drug-likeness (QED) is 0.768. The third-order valence-corrected chi connectivity index (χ3v) is 4.25. The molecule has 0 bridgehead atoms. The van der Waals surface area contributed by atoms with Crippen LogP contribution >= 0.6 is 0 Å². The van der Waals surface area contributed by atoms with E-state index in [2.05, 4.69) is 43.4 Å².